The molecular formula is C13H22O2. The fourth-order valence-corrected chi connectivity index (χ4v) is 4.24. The van der Waals surface area contributed by atoms with Crippen LogP contribution < -0.4 is 0 Å². The van der Waals surface area contributed by atoms with Gasteiger partial charge in [0.2, 0.25) is 0 Å². The van der Waals surface area contributed by atoms with Gasteiger partial charge in [0, 0.05) is 20.0 Å². The summed E-state index contributed by atoms with van der Waals surface area (Å²) in [6.07, 6.45) is 8.86. The monoisotopic (exact) mass is 210 g/mol. The van der Waals surface area contributed by atoms with E-state index in [1.165, 1.54) is 25.7 Å². The van der Waals surface area contributed by atoms with E-state index in [1.807, 2.05) is 0 Å². The number of hydrogen-bond donors (Lipinski definition) is 1. The summed E-state index contributed by atoms with van der Waals surface area (Å²) >= 11 is 0. The lowest BCUT2D eigenvalue weighted by molar-refractivity contribution is -0.140. The maximum absolute atomic E-state index is 10.3. The van der Waals surface area contributed by atoms with Gasteiger partial charge in [-0.15, -0.1) is 0 Å². The smallest absolute Gasteiger partial charge is 0.0699 e. The molecule has 0 aromatic rings. The fraction of sp³-hybridized carbons (Fsp3) is 1.00. The highest BCUT2D eigenvalue weighted by Gasteiger charge is 2.48. The molecule has 0 aromatic heterocycles. The van der Waals surface area contributed by atoms with Crippen molar-refractivity contribution in [2.24, 2.45) is 17.8 Å². The first-order chi connectivity index (χ1) is 7.18. The van der Waals surface area contributed by atoms with Gasteiger partial charge in [0.05, 0.1) is 11.7 Å². The van der Waals surface area contributed by atoms with E-state index in [9.17, 15) is 5.11 Å². The van der Waals surface area contributed by atoms with E-state index in [0.29, 0.717) is 6.10 Å². The topological polar surface area (TPSA) is 29.5 Å². The Bertz CT molecular complexity index is 245. The number of methoxy groups -OCH3 is 1. The lowest BCUT2D eigenvalue weighted by Gasteiger charge is -2.45. The number of hydrogen-bond acceptors (Lipinski definition) is 2. The Balaban J connectivity index is 1.54. The molecule has 0 radical (unpaired) electrons. The summed E-state index contributed by atoms with van der Waals surface area (Å²) in [5, 5.41) is 10.3. The molecule has 3 atom stereocenters. The molecule has 3 saturated carbocycles. The van der Waals surface area contributed by atoms with Crippen LogP contribution in [0.25, 0.3) is 0 Å². The Morgan fingerprint density at radius 1 is 1.27 bits per heavy atom. The van der Waals surface area contributed by atoms with Crippen LogP contribution in [-0.4, -0.2) is 23.9 Å². The first kappa shape index (κ1) is 10.1. The van der Waals surface area contributed by atoms with Crippen molar-refractivity contribution in [2.75, 3.05) is 7.11 Å². The minimum Gasteiger partial charge on any atom is -0.390 e. The summed E-state index contributed by atoms with van der Waals surface area (Å²) in [5.41, 5.74) is -0.365. The predicted molar refractivity (Wildman–Crippen MR) is 58.5 cm³/mol. The molecule has 3 aliphatic carbocycles. The third kappa shape index (κ3) is 1.72. The van der Waals surface area contributed by atoms with Crippen LogP contribution >= 0.6 is 0 Å². The second-order valence-electron chi connectivity index (χ2n) is 6.13. The molecule has 2 bridgehead atoms. The highest BCUT2D eigenvalue weighted by atomic mass is 16.5. The van der Waals surface area contributed by atoms with Crippen LogP contribution in [0.4, 0.5) is 0 Å². The summed E-state index contributed by atoms with van der Waals surface area (Å²) in [7, 11) is 1.75. The van der Waals surface area contributed by atoms with Crippen LogP contribution in [0, 0.1) is 17.8 Å². The molecule has 0 aromatic carbocycles. The first-order valence-corrected chi connectivity index (χ1v) is 6.44. The van der Waals surface area contributed by atoms with Gasteiger partial charge in [-0.25, -0.2) is 0 Å². The SMILES string of the molecule is COC1CC(O)(CC2CC3CCC2C3)C1. The fourth-order valence-electron chi connectivity index (χ4n) is 4.24. The van der Waals surface area contributed by atoms with Crippen molar-refractivity contribution in [3.05, 3.63) is 0 Å². The van der Waals surface area contributed by atoms with Crippen molar-refractivity contribution in [3.63, 3.8) is 0 Å². The van der Waals surface area contributed by atoms with Crippen molar-refractivity contribution in [2.45, 2.75) is 56.7 Å². The van der Waals surface area contributed by atoms with E-state index < -0.39 is 0 Å². The van der Waals surface area contributed by atoms with Crippen LogP contribution in [-0.2, 0) is 4.74 Å². The molecule has 15 heavy (non-hydrogen) atoms. The molecule has 0 amide bonds. The summed E-state index contributed by atoms with van der Waals surface area (Å²) < 4.78 is 5.25. The molecule has 2 heteroatoms. The van der Waals surface area contributed by atoms with Gasteiger partial charge in [0.15, 0.2) is 0 Å². The molecule has 3 rings (SSSR count). The standard InChI is InChI=1S/C13H22O2/c1-15-12-7-13(14,8-12)6-11-5-9-2-3-10(11)4-9/h9-12,14H,2-8H2,1H3. The zero-order chi connectivity index (χ0) is 10.5. The number of aliphatic hydroxyl groups is 1. The van der Waals surface area contributed by atoms with Gasteiger partial charge < -0.3 is 9.84 Å². The van der Waals surface area contributed by atoms with Gasteiger partial charge >= 0.3 is 0 Å². The highest BCUT2D eigenvalue weighted by Crippen LogP contribution is 2.53. The van der Waals surface area contributed by atoms with E-state index >= 15 is 0 Å². The lowest BCUT2D eigenvalue weighted by atomic mass is 9.69. The van der Waals surface area contributed by atoms with Crippen LogP contribution in [0.2, 0.25) is 0 Å². The van der Waals surface area contributed by atoms with Crippen LogP contribution in [0.1, 0.15) is 44.9 Å². The molecule has 0 aliphatic heterocycles. The van der Waals surface area contributed by atoms with E-state index in [-0.39, 0.29) is 5.60 Å². The molecule has 0 saturated heterocycles. The first-order valence-electron chi connectivity index (χ1n) is 6.44. The van der Waals surface area contributed by atoms with E-state index in [2.05, 4.69) is 0 Å². The normalized spacial score (nSPS) is 53.2. The van der Waals surface area contributed by atoms with Gasteiger partial charge in [-0.1, -0.05) is 6.42 Å². The Labute approximate surface area is 92.0 Å². The quantitative estimate of drug-likeness (QED) is 0.775. The Morgan fingerprint density at radius 2 is 2.07 bits per heavy atom. The highest BCUT2D eigenvalue weighted by molar-refractivity contribution is 5.00. The average molecular weight is 210 g/mol. The van der Waals surface area contributed by atoms with Gasteiger partial charge in [0.25, 0.3) is 0 Å². The van der Waals surface area contributed by atoms with Crippen molar-refractivity contribution in [1.82, 2.24) is 0 Å². The molecule has 1 N–H and O–H groups in total. The van der Waals surface area contributed by atoms with Crippen molar-refractivity contribution in [3.8, 4) is 0 Å². The Hall–Kier alpha value is -0.0800. The van der Waals surface area contributed by atoms with Gasteiger partial charge in [0.1, 0.15) is 0 Å². The van der Waals surface area contributed by atoms with Gasteiger partial charge in [-0.2, -0.15) is 0 Å². The zero-order valence-electron chi connectivity index (χ0n) is 9.61. The Kier molecular flexibility index (Phi) is 2.33. The minimum atomic E-state index is -0.365. The molecule has 2 nitrogen and oxygen atoms in total. The second-order valence-corrected chi connectivity index (χ2v) is 6.13. The van der Waals surface area contributed by atoms with Crippen molar-refractivity contribution < 1.29 is 9.84 Å². The molecule has 86 valence electrons. The Morgan fingerprint density at radius 3 is 2.60 bits per heavy atom. The molecule has 3 aliphatic rings. The zero-order valence-corrected chi connectivity index (χ0v) is 9.61. The van der Waals surface area contributed by atoms with Gasteiger partial charge in [-0.05, 0) is 43.4 Å². The van der Waals surface area contributed by atoms with Crippen molar-refractivity contribution in [1.29, 1.82) is 0 Å². The number of ether oxygens (including phenoxy) is 1. The van der Waals surface area contributed by atoms with Crippen LogP contribution in [0.5, 0.6) is 0 Å². The number of rotatable bonds is 3. The van der Waals surface area contributed by atoms with E-state index in [0.717, 1.165) is 37.0 Å². The molecule has 3 unspecified atom stereocenters. The predicted octanol–water partition coefficient (Wildman–Crippen LogP) is 2.35. The summed E-state index contributed by atoms with van der Waals surface area (Å²) in [5.74, 6) is 2.77. The number of fused-ring (bicyclic) bond motifs is 2. The van der Waals surface area contributed by atoms with Crippen LogP contribution in [0.3, 0.4) is 0 Å². The van der Waals surface area contributed by atoms with Gasteiger partial charge in [-0.3, -0.25) is 0 Å². The van der Waals surface area contributed by atoms with E-state index in [1.54, 1.807) is 7.11 Å². The maximum Gasteiger partial charge on any atom is 0.0699 e. The molecule has 0 heterocycles. The summed E-state index contributed by atoms with van der Waals surface area (Å²) in [6, 6.07) is 0. The summed E-state index contributed by atoms with van der Waals surface area (Å²) in [4.78, 5) is 0. The molecular weight excluding hydrogens is 188 g/mol. The summed E-state index contributed by atoms with van der Waals surface area (Å²) in [6.45, 7) is 0. The lowest BCUT2D eigenvalue weighted by Crippen LogP contribution is -2.49. The minimum absolute atomic E-state index is 0.327. The van der Waals surface area contributed by atoms with E-state index in [4.69, 9.17) is 4.74 Å². The third-order valence-electron chi connectivity index (χ3n) is 5.08. The maximum atomic E-state index is 10.3. The second kappa shape index (κ2) is 3.46. The largest absolute Gasteiger partial charge is 0.390 e. The molecule has 0 spiro atoms. The van der Waals surface area contributed by atoms with Crippen LogP contribution in [0.15, 0.2) is 0 Å². The van der Waals surface area contributed by atoms with Crippen molar-refractivity contribution >= 4 is 0 Å². The molecule has 3 fully saturated rings. The third-order valence-corrected chi connectivity index (χ3v) is 5.08. The average Bonchev–Trinajstić information content (AvgIpc) is 2.74.